The van der Waals surface area contributed by atoms with Crippen LogP contribution in [0.4, 0.5) is 4.79 Å². The summed E-state index contributed by atoms with van der Waals surface area (Å²) in [6, 6.07) is 19.9. The van der Waals surface area contributed by atoms with Gasteiger partial charge in [-0.1, -0.05) is 60.7 Å². The highest BCUT2D eigenvalue weighted by atomic mass is 16.5. The maximum Gasteiger partial charge on any atom is 0.427 e. The fourth-order valence-corrected chi connectivity index (χ4v) is 2.40. The minimum absolute atomic E-state index is 0.616. The van der Waals surface area contributed by atoms with Crippen LogP contribution in [-0.4, -0.2) is 29.2 Å². The van der Waals surface area contributed by atoms with Gasteiger partial charge in [-0.25, -0.2) is 10.2 Å². The fraction of sp³-hybridized carbons (Fsp3) is 0.105. The normalized spacial score (nSPS) is 10.8. The van der Waals surface area contributed by atoms with Crippen molar-refractivity contribution < 1.29 is 9.53 Å². The number of benzene rings is 2. The molecule has 0 bridgehead atoms. The molecule has 1 amide bonds. The molecule has 0 spiro atoms. The summed E-state index contributed by atoms with van der Waals surface area (Å²) in [5.74, 6) is 0. The molecular formula is C19H18N4O2. The average Bonchev–Trinajstić information content (AvgIpc) is 3.05. The number of rotatable bonds is 5. The summed E-state index contributed by atoms with van der Waals surface area (Å²) in [5.41, 5.74) is 6.03. The fourth-order valence-electron chi connectivity index (χ4n) is 2.40. The molecule has 0 aliphatic carbocycles. The van der Waals surface area contributed by atoms with E-state index in [9.17, 15) is 4.79 Å². The van der Waals surface area contributed by atoms with Gasteiger partial charge in [0, 0.05) is 17.3 Å². The van der Waals surface area contributed by atoms with Gasteiger partial charge in [-0.3, -0.25) is 4.68 Å². The number of carbonyl (C=O) groups is 1. The van der Waals surface area contributed by atoms with Gasteiger partial charge < -0.3 is 4.74 Å². The van der Waals surface area contributed by atoms with Crippen LogP contribution in [0.5, 0.6) is 0 Å². The zero-order valence-corrected chi connectivity index (χ0v) is 13.8. The molecule has 126 valence electrons. The van der Waals surface area contributed by atoms with Crippen molar-refractivity contribution in [3.05, 3.63) is 78.0 Å². The van der Waals surface area contributed by atoms with E-state index in [1.54, 1.807) is 6.21 Å². The van der Waals surface area contributed by atoms with Crippen molar-refractivity contribution in [1.29, 1.82) is 0 Å². The lowest BCUT2D eigenvalue weighted by Gasteiger charge is -2.01. The minimum Gasteiger partial charge on any atom is -0.452 e. The summed E-state index contributed by atoms with van der Waals surface area (Å²) in [6.45, 7) is 0.652. The monoisotopic (exact) mass is 334 g/mol. The van der Waals surface area contributed by atoms with Gasteiger partial charge in [0.2, 0.25) is 0 Å². The first-order valence-corrected chi connectivity index (χ1v) is 7.80. The Bertz CT molecular complexity index is 858. The zero-order chi connectivity index (χ0) is 17.5. The first-order valence-electron chi connectivity index (χ1n) is 7.80. The molecule has 0 aliphatic rings. The van der Waals surface area contributed by atoms with E-state index in [0.29, 0.717) is 6.54 Å². The predicted molar refractivity (Wildman–Crippen MR) is 96.3 cm³/mol. The van der Waals surface area contributed by atoms with Crippen LogP contribution in [0.3, 0.4) is 0 Å². The van der Waals surface area contributed by atoms with Crippen molar-refractivity contribution >= 4 is 12.3 Å². The molecular weight excluding hydrogens is 316 g/mol. The number of nitrogens with zero attached hydrogens (tertiary/aromatic N) is 3. The molecule has 25 heavy (non-hydrogen) atoms. The Morgan fingerprint density at radius 1 is 1.16 bits per heavy atom. The van der Waals surface area contributed by atoms with Crippen molar-refractivity contribution in [3.8, 4) is 11.3 Å². The lowest BCUT2D eigenvalue weighted by molar-refractivity contribution is 0.171. The molecule has 1 N–H and O–H groups in total. The van der Waals surface area contributed by atoms with Gasteiger partial charge in [-0.05, 0) is 5.56 Å². The number of amides is 1. The third-order valence-corrected chi connectivity index (χ3v) is 3.57. The van der Waals surface area contributed by atoms with Gasteiger partial charge in [0.15, 0.2) is 0 Å². The molecule has 2 aromatic carbocycles. The van der Waals surface area contributed by atoms with Crippen LogP contribution in [0.1, 0.15) is 11.1 Å². The Hall–Kier alpha value is -3.41. The molecule has 0 aliphatic heterocycles. The molecule has 0 unspecified atom stereocenters. The molecule has 6 nitrogen and oxygen atoms in total. The topological polar surface area (TPSA) is 68.5 Å². The smallest absolute Gasteiger partial charge is 0.427 e. The molecule has 6 heteroatoms. The van der Waals surface area contributed by atoms with Gasteiger partial charge in [0.25, 0.3) is 0 Å². The molecule has 0 saturated carbocycles. The summed E-state index contributed by atoms with van der Waals surface area (Å²) < 4.78 is 6.36. The Morgan fingerprint density at radius 2 is 1.84 bits per heavy atom. The summed E-state index contributed by atoms with van der Waals surface area (Å²) in [5, 5.41) is 8.59. The second-order valence-corrected chi connectivity index (χ2v) is 5.34. The number of hydrogen-bond donors (Lipinski definition) is 1. The van der Waals surface area contributed by atoms with E-state index >= 15 is 0 Å². The molecule has 0 fully saturated rings. The van der Waals surface area contributed by atoms with Gasteiger partial charge in [-0.15, -0.1) is 0 Å². The molecule has 0 atom stereocenters. The van der Waals surface area contributed by atoms with E-state index in [-0.39, 0.29) is 0 Å². The summed E-state index contributed by atoms with van der Waals surface area (Å²) in [7, 11) is 1.29. The van der Waals surface area contributed by atoms with Gasteiger partial charge in [0.05, 0.1) is 19.9 Å². The highest BCUT2D eigenvalue weighted by molar-refractivity contribution is 5.89. The van der Waals surface area contributed by atoms with E-state index in [4.69, 9.17) is 0 Å². The summed E-state index contributed by atoms with van der Waals surface area (Å²) >= 11 is 0. The minimum atomic E-state index is -0.616. The van der Waals surface area contributed by atoms with E-state index in [1.807, 2.05) is 59.4 Å². The predicted octanol–water partition coefficient (Wildman–Crippen LogP) is 3.29. The van der Waals surface area contributed by atoms with E-state index in [2.05, 4.69) is 32.5 Å². The van der Waals surface area contributed by atoms with Crippen LogP contribution in [0.15, 0.2) is 72.0 Å². The van der Waals surface area contributed by atoms with E-state index < -0.39 is 6.09 Å². The van der Waals surface area contributed by atoms with Gasteiger partial charge >= 0.3 is 6.09 Å². The first-order chi connectivity index (χ1) is 12.3. The largest absolute Gasteiger partial charge is 0.452 e. The standard InChI is InChI=1S/C19H18N4O2/c1-25-19(24)21-20-12-17-14-23(13-15-8-4-2-5-9-15)22-18(17)16-10-6-3-7-11-16/h2-12,14H,13H2,1H3,(H,21,24)/b20-12-. The number of hydrazone groups is 1. The Morgan fingerprint density at radius 3 is 2.52 bits per heavy atom. The molecule has 0 radical (unpaired) electrons. The van der Waals surface area contributed by atoms with Crippen molar-refractivity contribution in [2.24, 2.45) is 5.10 Å². The molecule has 1 aromatic heterocycles. The molecule has 3 rings (SSSR count). The van der Waals surface area contributed by atoms with Crippen LogP contribution in [0.2, 0.25) is 0 Å². The second-order valence-electron chi connectivity index (χ2n) is 5.34. The highest BCUT2D eigenvalue weighted by Crippen LogP contribution is 2.21. The number of carbonyl (C=O) groups excluding carboxylic acids is 1. The maximum absolute atomic E-state index is 11.1. The maximum atomic E-state index is 11.1. The van der Waals surface area contributed by atoms with Crippen LogP contribution in [0, 0.1) is 0 Å². The van der Waals surface area contributed by atoms with Gasteiger partial charge in [-0.2, -0.15) is 10.2 Å². The number of ether oxygens (including phenoxy) is 1. The third kappa shape index (κ3) is 4.32. The van der Waals surface area contributed by atoms with E-state index in [0.717, 1.165) is 22.4 Å². The average molecular weight is 334 g/mol. The first kappa shape index (κ1) is 16.4. The van der Waals surface area contributed by atoms with Gasteiger partial charge in [0.1, 0.15) is 5.69 Å². The van der Waals surface area contributed by atoms with Crippen molar-refractivity contribution in [1.82, 2.24) is 15.2 Å². The Balaban J connectivity index is 1.90. The van der Waals surface area contributed by atoms with Crippen LogP contribution < -0.4 is 5.43 Å². The van der Waals surface area contributed by atoms with Crippen molar-refractivity contribution in [2.75, 3.05) is 7.11 Å². The lowest BCUT2D eigenvalue weighted by Crippen LogP contribution is -2.16. The SMILES string of the molecule is COC(=O)N/N=C\c1cn(Cc2ccccc2)nc1-c1ccccc1. The number of aromatic nitrogens is 2. The molecule has 1 heterocycles. The van der Waals surface area contributed by atoms with Crippen LogP contribution in [0.25, 0.3) is 11.3 Å². The molecule has 0 saturated heterocycles. The van der Waals surface area contributed by atoms with Crippen molar-refractivity contribution in [2.45, 2.75) is 6.54 Å². The molecule has 3 aromatic rings. The second kappa shape index (κ2) is 7.92. The van der Waals surface area contributed by atoms with Crippen LogP contribution >= 0.6 is 0 Å². The lowest BCUT2D eigenvalue weighted by atomic mass is 10.1. The quantitative estimate of drug-likeness (QED) is 0.575. The van der Waals surface area contributed by atoms with E-state index in [1.165, 1.54) is 7.11 Å². The summed E-state index contributed by atoms with van der Waals surface area (Å²) in [6.07, 6.45) is 2.85. The van der Waals surface area contributed by atoms with Crippen LogP contribution in [-0.2, 0) is 11.3 Å². The number of nitrogens with one attached hydrogen (secondary N) is 1. The third-order valence-electron chi connectivity index (χ3n) is 3.57. The number of hydrogen-bond acceptors (Lipinski definition) is 4. The Labute approximate surface area is 145 Å². The van der Waals surface area contributed by atoms with Crippen molar-refractivity contribution in [3.63, 3.8) is 0 Å². The summed E-state index contributed by atoms with van der Waals surface area (Å²) in [4.78, 5) is 11.1. The number of methoxy groups -OCH3 is 1. The zero-order valence-electron chi connectivity index (χ0n) is 13.8. The Kier molecular flexibility index (Phi) is 5.21. The highest BCUT2D eigenvalue weighted by Gasteiger charge is 2.10.